The molecule has 2 N–H and O–H groups in total. The molecule has 0 saturated heterocycles. The number of carbonyl (C=O) groups excluding carboxylic acids is 1. The van der Waals surface area contributed by atoms with Crippen LogP contribution < -0.4 is 10.1 Å². The van der Waals surface area contributed by atoms with E-state index in [2.05, 4.69) is 5.32 Å². The molecule has 0 saturated carbocycles. The minimum atomic E-state index is -0.271. The first-order valence-electron chi connectivity index (χ1n) is 7.31. The highest BCUT2D eigenvalue weighted by molar-refractivity contribution is 7.99. The molecule has 0 aliphatic heterocycles. The van der Waals surface area contributed by atoms with Crippen molar-refractivity contribution in [3.05, 3.63) is 59.1 Å². The number of halogens is 1. The number of methoxy groups -OCH3 is 1. The number of amides is 1. The van der Waals surface area contributed by atoms with Crippen LogP contribution in [0.5, 0.6) is 5.75 Å². The lowest BCUT2D eigenvalue weighted by Crippen LogP contribution is -2.24. The lowest BCUT2D eigenvalue weighted by molar-refractivity contribution is -0.116. The van der Waals surface area contributed by atoms with Crippen LogP contribution in [0.25, 0.3) is 6.08 Å². The third-order valence-electron chi connectivity index (χ3n) is 3.09. The molecule has 0 unspecified atom stereocenters. The molecule has 6 heteroatoms. The fraction of sp³-hybridized carbons (Fsp3) is 0.167. The minimum absolute atomic E-state index is 0.0881. The van der Waals surface area contributed by atoms with Gasteiger partial charge in [-0.25, -0.2) is 0 Å². The van der Waals surface area contributed by atoms with Crippen LogP contribution in [-0.2, 0) is 4.79 Å². The summed E-state index contributed by atoms with van der Waals surface area (Å²) in [5.74, 6) is 0.538. The van der Waals surface area contributed by atoms with Crippen molar-refractivity contribution in [3.8, 4) is 5.75 Å². The van der Waals surface area contributed by atoms with Gasteiger partial charge in [-0.05, 0) is 35.9 Å². The number of aliphatic hydroxyl groups excluding tert-OH is 1. The minimum Gasteiger partial charge on any atom is -0.496 e. The maximum atomic E-state index is 11.5. The number of rotatable bonds is 7. The summed E-state index contributed by atoms with van der Waals surface area (Å²) in [6.07, 6.45) is 3.04. The summed E-state index contributed by atoms with van der Waals surface area (Å²) in [7, 11) is 1.64. The molecule has 1 amide bonds. The van der Waals surface area contributed by atoms with E-state index in [1.165, 1.54) is 6.08 Å². The van der Waals surface area contributed by atoms with Crippen molar-refractivity contribution >= 4 is 35.3 Å². The first-order valence-corrected chi connectivity index (χ1v) is 8.50. The van der Waals surface area contributed by atoms with Crippen molar-refractivity contribution in [3.63, 3.8) is 0 Å². The molecule has 126 valence electrons. The number of para-hydroxylation sites is 1. The van der Waals surface area contributed by atoms with Crippen molar-refractivity contribution < 1.29 is 14.6 Å². The molecule has 0 fully saturated rings. The van der Waals surface area contributed by atoms with E-state index in [-0.39, 0.29) is 19.1 Å². The first-order chi connectivity index (χ1) is 11.6. The summed E-state index contributed by atoms with van der Waals surface area (Å²) in [5, 5.41) is 11.8. The van der Waals surface area contributed by atoms with E-state index in [1.54, 1.807) is 24.9 Å². The van der Waals surface area contributed by atoms with Crippen LogP contribution in [0, 0.1) is 0 Å². The standard InChI is InChI=1S/C18H18ClNO3S/c1-23-16-4-2-3-5-17(16)24-14-8-6-13(15(19)12-14)7-9-18(22)20-10-11-21/h2-9,12,21H,10-11H2,1H3,(H,20,22). The molecule has 0 aliphatic carbocycles. The molecule has 0 bridgehead atoms. The van der Waals surface area contributed by atoms with Gasteiger partial charge in [0.2, 0.25) is 5.91 Å². The summed E-state index contributed by atoms with van der Waals surface area (Å²) < 4.78 is 5.34. The Labute approximate surface area is 150 Å². The lowest BCUT2D eigenvalue weighted by Gasteiger charge is -2.08. The molecule has 4 nitrogen and oxygen atoms in total. The molecule has 0 heterocycles. The first kappa shape index (κ1) is 18.4. The van der Waals surface area contributed by atoms with E-state index < -0.39 is 0 Å². The Kier molecular flexibility index (Phi) is 7.18. The lowest BCUT2D eigenvalue weighted by atomic mass is 10.2. The Morgan fingerprint density at radius 2 is 2.12 bits per heavy atom. The molecular formula is C18H18ClNO3S. The molecule has 0 atom stereocenters. The molecular weight excluding hydrogens is 346 g/mol. The van der Waals surface area contributed by atoms with Gasteiger partial charge in [-0.3, -0.25) is 4.79 Å². The van der Waals surface area contributed by atoms with Crippen LogP contribution in [0.1, 0.15) is 5.56 Å². The predicted molar refractivity (Wildman–Crippen MR) is 97.7 cm³/mol. The fourth-order valence-corrected chi connectivity index (χ4v) is 3.21. The van der Waals surface area contributed by atoms with E-state index in [0.29, 0.717) is 5.02 Å². The molecule has 2 aromatic rings. The zero-order chi connectivity index (χ0) is 17.4. The van der Waals surface area contributed by atoms with Crippen molar-refractivity contribution in [1.82, 2.24) is 5.32 Å². The van der Waals surface area contributed by atoms with Gasteiger partial charge in [0.15, 0.2) is 0 Å². The maximum absolute atomic E-state index is 11.5. The zero-order valence-electron chi connectivity index (χ0n) is 13.2. The second-order valence-corrected chi connectivity index (χ2v) is 6.31. The van der Waals surface area contributed by atoms with E-state index in [9.17, 15) is 4.79 Å². The van der Waals surface area contributed by atoms with E-state index in [4.69, 9.17) is 21.4 Å². The third-order valence-corrected chi connectivity index (χ3v) is 4.47. The SMILES string of the molecule is COc1ccccc1Sc1ccc(C=CC(=O)NCCO)c(Cl)c1. The number of benzene rings is 2. The zero-order valence-corrected chi connectivity index (χ0v) is 14.7. The van der Waals surface area contributed by atoms with Gasteiger partial charge in [0.05, 0.1) is 18.6 Å². The predicted octanol–water partition coefficient (Wildman–Crippen LogP) is 3.62. The van der Waals surface area contributed by atoms with Gasteiger partial charge >= 0.3 is 0 Å². The Bertz CT molecular complexity index is 734. The van der Waals surface area contributed by atoms with Crippen LogP contribution in [0.2, 0.25) is 5.02 Å². The molecule has 0 aliphatic rings. The van der Waals surface area contributed by atoms with Gasteiger partial charge in [-0.1, -0.05) is 41.6 Å². The number of nitrogens with one attached hydrogen (secondary N) is 1. The summed E-state index contributed by atoms with van der Waals surface area (Å²) in [5.41, 5.74) is 0.750. The van der Waals surface area contributed by atoms with Gasteiger partial charge < -0.3 is 15.2 Å². The highest BCUT2D eigenvalue weighted by Crippen LogP contribution is 2.36. The Morgan fingerprint density at radius 3 is 2.83 bits per heavy atom. The topological polar surface area (TPSA) is 58.6 Å². The summed E-state index contributed by atoms with van der Waals surface area (Å²) in [6.45, 7) is 0.139. The number of aliphatic hydroxyl groups is 1. The average Bonchev–Trinajstić information content (AvgIpc) is 2.59. The Morgan fingerprint density at radius 1 is 1.33 bits per heavy atom. The molecule has 2 rings (SSSR count). The quantitative estimate of drug-likeness (QED) is 0.738. The van der Waals surface area contributed by atoms with Crippen LogP contribution >= 0.6 is 23.4 Å². The van der Waals surface area contributed by atoms with Crippen molar-refractivity contribution in [2.75, 3.05) is 20.3 Å². The summed E-state index contributed by atoms with van der Waals surface area (Å²) in [4.78, 5) is 13.5. The third kappa shape index (κ3) is 5.30. The number of carbonyl (C=O) groups is 1. The van der Waals surface area contributed by atoms with Crippen LogP contribution in [0.3, 0.4) is 0 Å². The highest BCUT2D eigenvalue weighted by atomic mass is 35.5. The van der Waals surface area contributed by atoms with Gasteiger partial charge in [-0.15, -0.1) is 0 Å². The monoisotopic (exact) mass is 363 g/mol. The van der Waals surface area contributed by atoms with E-state index in [0.717, 1.165) is 21.1 Å². The van der Waals surface area contributed by atoms with E-state index in [1.807, 2.05) is 42.5 Å². The second kappa shape index (κ2) is 9.37. The van der Waals surface area contributed by atoms with E-state index >= 15 is 0 Å². The van der Waals surface area contributed by atoms with Gasteiger partial charge in [0, 0.05) is 22.5 Å². The number of hydrogen-bond acceptors (Lipinski definition) is 4. The van der Waals surface area contributed by atoms with Gasteiger partial charge in [0.25, 0.3) is 0 Å². The smallest absolute Gasteiger partial charge is 0.244 e. The largest absolute Gasteiger partial charge is 0.496 e. The van der Waals surface area contributed by atoms with Crippen molar-refractivity contribution in [2.24, 2.45) is 0 Å². The highest BCUT2D eigenvalue weighted by Gasteiger charge is 2.06. The fourth-order valence-electron chi connectivity index (χ4n) is 1.94. The second-order valence-electron chi connectivity index (χ2n) is 4.78. The molecule has 2 aromatic carbocycles. The normalized spacial score (nSPS) is 10.8. The van der Waals surface area contributed by atoms with Gasteiger partial charge in [0.1, 0.15) is 5.75 Å². The maximum Gasteiger partial charge on any atom is 0.244 e. The number of ether oxygens (including phenoxy) is 1. The van der Waals surface area contributed by atoms with Crippen LogP contribution in [-0.4, -0.2) is 31.3 Å². The Balaban J connectivity index is 2.09. The van der Waals surface area contributed by atoms with Crippen LogP contribution in [0.4, 0.5) is 0 Å². The molecule has 0 aromatic heterocycles. The average molecular weight is 364 g/mol. The number of hydrogen-bond donors (Lipinski definition) is 2. The molecule has 0 radical (unpaired) electrons. The van der Waals surface area contributed by atoms with Crippen molar-refractivity contribution in [1.29, 1.82) is 0 Å². The summed E-state index contributed by atoms with van der Waals surface area (Å²) in [6, 6.07) is 13.4. The van der Waals surface area contributed by atoms with Crippen molar-refractivity contribution in [2.45, 2.75) is 9.79 Å². The molecule has 0 spiro atoms. The summed E-state index contributed by atoms with van der Waals surface area (Å²) >= 11 is 7.85. The molecule has 24 heavy (non-hydrogen) atoms. The van der Waals surface area contributed by atoms with Crippen LogP contribution in [0.15, 0.2) is 58.3 Å². The van der Waals surface area contributed by atoms with Gasteiger partial charge in [-0.2, -0.15) is 0 Å². The Hall–Kier alpha value is -1.95.